The first kappa shape index (κ1) is 16.9. The quantitative estimate of drug-likeness (QED) is 0.723. The van der Waals surface area contributed by atoms with Crippen molar-refractivity contribution in [2.24, 2.45) is 0 Å². The predicted molar refractivity (Wildman–Crippen MR) is 89.6 cm³/mol. The predicted octanol–water partition coefficient (Wildman–Crippen LogP) is 4.07. The zero-order valence-corrected chi connectivity index (χ0v) is 14.8. The number of hydrogen-bond acceptors (Lipinski definition) is 3. The lowest BCUT2D eigenvalue weighted by Gasteiger charge is -2.25. The van der Waals surface area contributed by atoms with Crippen molar-refractivity contribution in [2.75, 3.05) is 20.3 Å². The van der Waals surface area contributed by atoms with Crippen LogP contribution in [0.25, 0.3) is 0 Å². The number of methoxy groups -OCH3 is 1. The van der Waals surface area contributed by atoms with Gasteiger partial charge in [-0.3, -0.25) is 0 Å². The van der Waals surface area contributed by atoms with Crippen LogP contribution in [0.4, 0.5) is 0 Å². The molecule has 0 bridgehead atoms. The molecule has 1 fully saturated rings. The fraction of sp³-hybridized carbons (Fsp3) is 0.647. The van der Waals surface area contributed by atoms with Crippen molar-refractivity contribution in [3.05, 3.63) is 34.3 Å². The molecule has 0 spiro atoms. The molecule has 1 aromatic rings. The summed E-state index contributed by atoms with van der Waals surface area (Å²) in [6.45, 7) is 5.76. The highest BCUT2D eigenvalue weighted by Crippen LogP contribution is 2.24. The summed E-state index contributed by atoms with van der Waals surface area (Å²) in [6.07, 6.45) is 3.58. The molecule has 0 aromatic heterocycles. The van der Waals surface area contributed by atoms with Crippen molar-refractivity contribution in [3.8, 4) is 0 Å². The second-order valence-corrected chi connectivity index (χ2v) is 7.22. The molecule has 0 aliphatic heterocycles. The van der Waals surface area contributed by atoms with E-state index >= 15 is 0 Å². The van der Waals surface area contributed by atoms with Crippen molar-refractivity contribution >= 4 is 15.9 Å². The molecular formula is C17H26BrNO2. The fourth-order valence-corrected chi connectivity index (χ4v) is 2.32. The average molecular weight is 356 g/mol. The van der Waals surface area contributed by atoms with Gasteiger partial charge in [-0.25, -0.2) is 0 Å². The Kier molecular flexibility index (Phi) is 6.23. The Morgan fingerprint density at radius 3 is 2.52 bits per heavy atom. The SMILES string of the molecule is COC(C)(C)CCOC(CNC1CC1)c1ccc(Br)cc1. The smallest absolute Gasteiger partial charge is 0.0949 e. The second-order valence-electron chi connectivity index (χ2n) is 6.31. The van der Waals surface area contributed by atoms with Crippen LogP contribution in [-0.4, -0.2) is 31.9 Å². The number of rotatable bonds is 9. The number of halogens is 1. The molecule has 1 unspecified atom stereocenters. The highest BCUT2D eigenvalue weighted by atomic mass is 79.9. The minimum Gasteiger partial charge on any atom is -0.379 e. The van der Waals surface area contributed by atoms with Gasteiger partial charge < -0.3 is 14.8 Å². The van der Waals surface area contributed by atoms with Gasteiger partial charge in [0, 0.05) is 24.2 Å². The summed E-state index contributed by atoms with van der Waals surface area (Å²) in [5, 5.41) is 3.56. The van der Waals surface area contributed by atoms with Gasteiger partial charge in [0.15, 0.2) is 0 Å². The van der Waals surface area contributed by atoms with Gasteiger partial charge in [0.25, 0.3) is 0 Å². The number of hydrogen-bond donors (Lipinski definition) is 1. The Hall–Kier alpha value is -0.420. The minimum atomic E-state index is -0.131. The van der Waals surface area contributed by atoms with Crippen molar-refractivity contribution in [2.45, 2.75) is 50.9 Å². The second kappa shape index (κ2) is 7.73. The van der Waals surface area contributed by atoms with Crippen LogP contribution >= 0.6 is 15.9 Å². The third kappa shape index (κ3) is 6.07. The van der Waals surface area contributed by atoms with Crippen LogP contribution in [0.2, 0.25) is 0 Å². The molecule has 1 saturated carbocycles. The van der Waals surface area contributed by atoms with E-state index in [1.165, 1.54) is 18.4 Å². The van der Waals surface area contributed by atoms with Crippen molar-refractivity contribution in [3.63, 3.8) is 0 Å². The van der Waals surface area contributed by atoms with E-state index in [1.54, 1.807) is 7.11 Å². The van der Waals surface area contributed by atoms with Crippen LogP contribution in [0.5, 0.6) is 0 Å². The van der Waals surface area contributed by atoms with E-state index in [9.17, 15) is 0 Å². The van der Waals surface area contributed by atoms with Crippen LogP contribution in [0.15, 0.2) is 28.7 Å². The molecule has 0 heterocycles. The lowest BCUT2D eigenvalue weighted by Crippen LogP contribution is -2.28. The Labute approximate surface area is 136 Å². The van der Waals surface area contributed by atoms with E-state index in [4.69, 9.17) is 9.47 Å². The Bertz CT molecular complexity index is 429. The van der Waals surface area contributed by atoms with Gasteiger partial charge in [-0.05, 0) is 50.8 Å². The van der Waals surface area contributed by atoms with Crippen LogP contribution in [0.3, 0.4) is 0 Å². The summed E-state index contributed by atoms with van der Waals surface area (Å²) in [5.41, 5.74) is 1.09. The molecule has 0 amide bonds. The Morgan fingerprint density at radius 2 is 1.95 bits per heavy atom. The largest absolute Gasteiger partial charge is 0.379 e. The van der Waals surface area contributed by atoms with Crippen LogP contribution in [0, 0.1) is 0 Å². The van der Waals surface area contributed by atoms with Gasteiger partial charge >= 0.3 is 0 Å². The molecule has 4 heteroatoms. The molecule has 0 saturated heterocycles. The van der Waals surface area contributed by atoms with E-state index in [0.717, 1.165) is 17.4 Å². The third-order valence-electron chi connectivity index (χ3n) is 3.99. The summed E-state index contributed by atoms with van der Waals surface area (Å²) in [6, 6.07) is 9.10. The van der Waals surface area contributed by atoms with Crippen LogP contribution in [0.1, 0.15) is 44.8 Å². The maximum absolute atomic E-state index is 6.13. The molecule has 1 aromatic carbocycles. The molecule has 1 N–H and O–H groups in total. The summed E-state index contributed by atoms with van der Waals surface area (Å²) >= 11 is 3.48. The van der Waals surface area contributed by atoms with Gasteiger partial charge in [0.2, 0.25) is 0 Å². The van der Waals surface area contributed by atoms with Crippen molar-refractivity contribution < 1.29 is 9.47 Å². The van der Waals surface area contributed by atoms with E-state index in [-0.39, 0.29) is 11.7 Å². The summed E-state index contributed by atoms with van der Waals surface area (Å²) < 4.78 is 12.7. The lowest BCUT2D eigenvalue weighted by atomic mass is 10.1. The lowest BCUT2D eigenvalue weighted by molar-refractivity contribution is -0.0273. The highest BCUT2D eigenvalue weighted by molar-refractivity contribution is 9.10. The maximum atomic E-state index is 6.13. The van der Waals surface area contributed by atoms with Crippen LogP contribution in [-0.2, 0) is 9.47 Å². The van der Waals surface area contributed by atoms with Gasteiger partial charge in [-0.15, -0.1) is 0 Å². The number of benzene rings is 1. The molecular weight excluding hydrogens is 330 g/mol. The van der Waals surface area contributed by atoms with Crippen molar-refractivity contribution in [1.29, 1.82) is 0 Å². The fourth-order valence-electron chi connectivity index (χ4n) is 2.06. The molecule has 1 atom stereocenters. The van der Waals surface area contributed by atoms with E-state index in [0.29, 0.717) is 12.6 Å². The zero-order valence-electron chi connectivity index (χ0n) is 13.2. The molecule has 3 nitrogen and oxygen atoms in total. The summed E-state index contributed by atoms with van der Waals surface area (Å²) in [4.78, 5) is 0. The monoisotopic (exact) mass is 355 g/mol. The topological polar surface area (TPSA) is 30.5 Å². The van der Waals surface area contributed by atoms with Crippen molar-refractivity contribution in [1.82, 2.24) is 5.32 Å². The normalized spacial score (nSPS) is 17.0. The van der Waals surface area contributed by atoms with Gasteiger partial charge in [0.1, 0.15) is 0 Å². The summed E-state index contributed by atoms with van der Waals surface area (Å²) in [5.74, 6) is 0. The Balaban J connectivity index is 1.89. The molecule has 21 heavy (non-hydrogen) atoms. The van der Waals surface area contributed by atoms with E-state index in [1.807, 2.05) is 0 Å². The maximum Gasteiger partial charge on any atom is 0.0949 e. The molecule has 0 radical (unpaired) electrons. The average Bonchev–Trinajstić information content (AvgIpc) is 3.28. The molecule has 1 aliphatic carbocycles. The van der Waals surface area contributed by atoms with Gasteiger partial charge in [0.05, 0.1) is 18.3 Å². The number of ether oxygens (including phenoxy) is 2. The first-order valence-corrected chi connectivity index (χ1v) is 8.45. The standard InChI is InChI=1S/C17H26BrNO2/c1-17(2,20-3)10-11-21-16(12-19-15-8-9-15)13-4-6-14(18)7-5-13/h4-7,15-16,19H,8-12H2,1-3H3. The van der Waals surface area contributed by atoms with Gasteiger partial charge in [-0.2, -0.15) is 0 Å². The highest BCUT2D eigenvalue weighted by Gasteiger charge is 2.23. The first-order valence-electron chi connectivity index (χ1n) is 7.66. The molecule has 1 aliphatic rings. The van der Waals surface area contributed by atoms with Crippen LogP contribution < -0.4 is 5.32 Å². The Morgan fingerprint density at radius 1 is 1.29 bits per heavy atom. The van der Waals surface area contributed by atoms with E-state index in [2.05, 4.69) is 59.4 Å². The first-order chi connectivity index (χ1) is 10.00. The van der Waals surface area contributed by atoms with Gasteiger partial charge in [-0.1, -0.05) is 28.1 Å². The molecule has 2 rings (SSSR count). The third-order valence-corrected chi connectivity index (χ3v) is 4.52. The minimum absolute atomic E-state index is 0.103. The number of nitrogens with one attached hydrogen (secondary N) is 1. The summed E-state index contributed by atoms with van der Waals surface area (Å²) in [7, 11) is 1.75. The van der Waals surface area contributed by atoms with E-state index < -0.39 is 0 Å². The molecule has 118 valence electrons. The zero-order chi connectivity index (χ0) is 15.3.